The summed E-state index contributed by atoms with van der Waals surface area (Å²) in [6.07, 6.45) is 3.83. The molecule has 0 bridgehead atoms. The second-order valence-electron chi connectivity index (χ2n) is 11.8. The summed E-state index contributed by atoms with van der Waals surface area (Å²) in [5, 5.41) is 14.2. The van der Waals surface area contributed by atoms with Crippen molar-refractivity contribution in [1.29, 1.82) is 0 Å². The molecular weight excluding hydrogens is 598 g/mol. The van der Waals surface area contributed by atoms with Crippen molar-refractivity contribution in [1.82, 2.24) is 14.6 Å². The molecule has 1 aliphatic heterocycles. The minimum Gasteiger partial charge on any atom is -0.480 e. The van der Waals surface area contributed by atoms with Gasteiger partial charge in [0, 0.05) is 28.4 Å². The number of carboxylic acids is 1. The van der Waals surface area contributed by atoms with E-state index in [0.717, 1.165) is 47.0 Å². The number of amides is 1. The topological polar surface area (TPSA) is 117 Å². The number of hydrogen-bond acceptors (Lipinski definition) is 5. The Balaban J connectivity index is 1.23. The zero-order valence-corrected chi connectivity index (χ0v) is 25.9. The van der Waals surface area contributed by atoms with Gasteiger partial charge in [0.25, 0.3) is 0 Å². The van der Waals surface area contributed by atoms with Crippen molar-refractivity contribution in [3.63, 3.8) is 0 Å². The van der Waals surface area contributed by atoms with Crippen LogP contribution in [0.2, 0.25) is 5.02 Å². The highest BCUT2D eigenvalue weighted by atomic mass is 35.5. The number of aromatic nitrogens is 1. The fraction of sp³-hybridized carbons (Fsp3) is 0.324. The molecule has 6 rings (SSSR count). The van der Waals surface area contributed by atoms with E-state index in [-0.39, 0.29) is 23.3 Å². The molecule has 4 aromatic rings. The van der Waals surface area contributed by atoms with Gasteiger partial charge >= 0.3 is 5.97 Å². The number of halogens is 1. The van der Waals surface area contributed by atoms with Crippen LogP contribution in [0.25, 0.3) is 22.2 Å². The van der Waals surface area contributed by atoms with Gasteiger partial charge in [-0.1, -0.05) is 72.5 Å². The van der Waals surface area contributed by atoms with Gasteiger partial charge < -0.3 is 10.4 Å². The molecule has 44 heavy (non-hydrogen) atoms. The van der Waals surface area contributed by atoms with Crippen molar-refractivity contribution in [2.75, 3.05) is 0 Å². The van der Waals surface area contributed by atoms with Gasteiger partial charge in [-0.3, -0.25) is 4.79 Å². The summed E-state index contributed by atoms with van der Waals surface area (Å²) in [6, 6.07) is 20.9. The molecule has 0 radical (unpaired) electrons. The molecule has 2 fully saturated rings. The number of carbonyl (C=O) groups is 2. The van der Waals surface area contributed by atoms with Gasteiger partial charge in [0.1, 0.15) is 12.1 Å². The Labute approximate surface area is 262 Å². The Morgan fingerprint density at radius 1 is 1.02 bits per heavy atom. The standard InChI is InChI=1S/C34H34ClN3O5S/c1-21-10-14-25(15-11-21)44(42,43)38-31-9-5-2-6-24(31)20-32(38)33(39)37-30(34(40)41)19-22-12-16-28-23(18-22)13-17-29(36-28)26-7-3-4-8-27(26)35/h3-4,7-8,10-18,24,30-32H,2,5-6,9,19-20H2,1H3,(H,37,39)(H,40,41)/t24-,30?,31-,32-/m0/s1. The highest BCUT2D eigenvalue weighted by Crippen LogP contribution is 2.43. The van der Waals surface area contributed by atoms with Crippen LogP contribution in [0.1, 0.15) is 43.2 Å². The molecule has 1 saturated carbocycles. The first-order valence-corrected chi connectivity index (χ1v) is 16.7. The minimum absolute atomic E-state index is 0.0353. The molecule has 2 aliphatic rings. The maximum Gasteiger partial charge on any atom is 0.326 e. The Morgan fingerprint density at radius 3 is 2.52 bits per heavy atom. The number of sulfonamides is 1. The van der Waals surface area contributed by atoms with E-state index < -0.39 is 34.0 Å². The van der Waals surface area contributed by atoms with Crippen LogP contribution in [0.15, 0.2) is 83.8 Å². The Kier molecular flexibility index (Phi) is 8.46. The SMILES string of the molecule is Cc1ccc(S(=O)(=O)N2[C@H](C(=O)NC(Cc3ccc4nc(-c5ccccc5Cl)ccc4c3)C(=O)O)C[C@@H]3CCCC[C@@H]32)cc1. The Morgan fingerprint density at radius 2 is 1.77 bits per heavy atom. The lowest BCUT2D eigenvalue weighted by Crippen LogP contribution is -2.53. The molecular formula is C34H34ClN3O5S. The fourth-order valence-electron chi connectivity index (χ4n) is 6.64. The summed E-state index contributed by atoms with van der Waals surface area (Å²) in [7, 11) is -3.98. The molecule has 3 aromatic carbocycles. The Bertz CT molecular complexity index is 1830. The van der Waals surface area contributed by atoms with Crippen LogP contribution in [-0.2, 0) is 26.0 Å². The van der Waals surface area contributed by atoms with Crippen LogP contribution in [-0.4, -0.2) is 52.8 Å². The molecule has 8 nitrogen and oxygen atoms in total. The lowest BCUT2D eigenvalue weighted by Gasteiger charge is -2.33. The first-order chi connectivity index (χ1) is 21.1. The molecule has 2 N–H and O–H groups in total. The van der Waals surface area contributed by atoms with Crippen LogP contribution < -0.4 is 5.32 Å². The molecule has 1 unspecified atom stereocenters. The van der Waals surface area contributed by atoms with E-state index in [2.05, 4.69) is 5.32 Å². The molecule has 1 amide bonds. The number of rotatable bonds is 8. The quantitative estimate of drug-likeness (QED) is 0.246. The third kappa shape index (κ3) is 5.96. The smallest absolute Gasteiger partial charge is 0.326 e. The highest BCUT2D eigenvalue weighted by Gasteiger charge is 2.51. The van der Waals surface area contributed by atoms with Crippen LogP contribution in [0.4, 0.5) is 0 Å². The van der Waals surface area contributed by atoms with Crippen LogP contribution in [0, 0.1) is 12.8 Å². The summed E-state index contributed by atoms with van der Waals surface area (Å²) < 4.78 is 29.2. The number of pyridine rings is 1. The van der Waals surface area contributed by atoms with Crippen molar-refractivity contribution in [3.05, 3.63) is 95.0 Å². The van der Waals surface area contributed by atoms with Gasteiger partial charge in [-0.25, -0.2) is 18.2 Å². The van der Waals surface area contributed by atoms with Crippen LogP contribution in [0.5, 0.6) is 0 Å². The second kappa shape index (κ2) is 12.3. The average Bonchev–Trinajstić information content (AvgIpc) is 3.42. The molecule has 1 saturated heterocycles. The van der Waals surface area contributed by atoms with E-state index in [1.165, 1.54) is 4.31 Å². The van der Waals surface area contributed by atoms with Crippen molar-refractivity contribution in [2.24, 2.45) is 5.92 Å². The molecule has 0 spiro atoms. The average molecular weight is 632 g/mol. The van der Waals surface area contributed by atoms with Crippen LogP contribution >= 0.6 is 11.6 Å². The number of nitrogens with one attached hydrogen (secondary N) is 1. The first-order valence-electron chi connectivity index (χ1n) is 14.9. The zero-order valence-electron chi connectivity index (χ0n) is 24.3. The van der Waals surface area contributed by atoms with Gasteiger partial charge in [0.05, 0.1) is 16.1 Å². The summed E-state index contributed by atoms with van der Waals surface area (Å²) in [6.45, 7) is 1.88. The third-order valence-electron chi connectivity index (χ3n) is 8.89. The predicted octanol–water partition coefficient (Wildman–Crippen LogP) is 6.00. The van der Waals surface area contributed by atoms with E-state index in [0.29, 0.717) is 23.4 Å². The molecule has 1 aliphatic carbocycles. The van der Waals surface area contributed by atoms with E-state index in [9.17, 15) is 23.1 Å². The highest BCUT2D eigenvalue weighted by molar-refractivity contribution is 7.89. The lowest BCUT2D eigenvalue weighted by atomic mass is 9.85. The zero-order chi connectivity index (χ0) is 31.0. The van der Waals surface area contributed by atoms with E-state index in [1.54, 1.807) is 30.3 Å². The van der Waals surface area contributed by atoms with Crippen LogP contribution in [0.3, 0.4) is 0 Å². The number of hydrogen-bond donors (Lipinski definition) is 2. The van der Waals surface area contributed by atoms with E-state index in [1.807, 2.05) is 55.5 Å². The number of nitrogens with zero attached hydrogens (tertiary/aromatic N) is 2. The van der Waals surface area contributed by atoms with Crippen molar-refractivity contribution in [3.8, 4) is 11.3 Å². The Hall–Kier alpha value is -3.79. The molecule has 10 heteroatoms. The van der Waals surface area contributed by atoms with Crippen molar-refractivity contribution in [2.45, 2.75) is 68.5 Å². The molecule has 4 atom stereocenters. The number of carbonyl (C=O) groups excluding carboxylic acids is 1. The normalized spacial score (nSPS) is 21.1. The van der Waals surface area contributed by atoms with Gasteiger partial charge in [-0.15, -0.1) is 0 Å². The monoisotopic (exact) mass is 631 g/mol. The maximum atomic E-state index is 13.9. The molecule has 228 valence electrons. The number of aliphatic carboxylic acids is 1. The third-order valence-corrected chi connectivity index (χ3v) is 11.2. The fourth-order valence-corrected chi connectivity index (χ4v) is 8.75. The molecule has 2 heterocycles. The van der Waals surface area contributed by atoms with E-state index in [4.69, 9.17) is 16.6 Å². The largest absolute Gasteiger partial charge is 0.480 e. The van der Waals surface area contributed by atoms with Crippen molar-refractivity contribution < 1.29 is 23.1 Å². The number of carboxylic acid groups (broad SMARTS) is 1. The van der Waals surface area contributed by atoms with Gasteiger partial charge in [-0.05, 0) is 74.1 Å². The number of benzene rings is 3. The van der Waals surface area contributed by atoms with Crippen molar-refractivity contribution >= 4 is 44.4 Å². The molecule has 1 aromatic heterocycles. The summed E-state index contributed by atoms with van der Waals surface area (Å²) in [5.74, 6) is -1.70. The van der Waals surface area contributed by atoms with Gasteiger partial charge in [0.15, 0.2) is 0 Å². The van der Waals surface area contributed by atoms with Gasteiger partial charge in [-0.2, -0.15) is 4.31 Å². The van der Waals surface area contributed by atoms with Gasteiger partial charge in [0.2, 0.25) is 15.9 Å². The second-order valence-corrected chi connectivity index (χ2v) is 14.1. The first kappa shape index (κ1) is 30.2. The predicted molar refractivity (Wildman–Crippen MR) is 170 cm³/mol. The summed E-state index contributed by atoms with van der Waals surface area (Å²) >= 11 is 6.35. The minimum atomic E-state index is -3.98. The van der Waals surface area contributed by atoms with E-state index >= 15 is 0 Å². The number of fused-ring (bicyclic) bond motifs is 2. The lowest BCUT2D eigenvalue weighted by molar-refractivity contribution is -0.142. The summed E-state index contributed by atoms with van der Waals surface area (Å²) in [5.41, 5.74) is 3.92. The number of aryl methyl sites for hydroxylation is 1. The maximum absolute atomic E-state index is 13.9. The summed E-state index contributed by atoms with van der Waals surface area (Å²) in [4.78, 5) is 31.0.